The first-order valence-electron chi connectivity index (χ1n) is 9.11. The minimum absolute atomic E-state index is 0.0586. The Morgan fingerprint density at radius 1 is 1.24 bits per heavy atom. The van der Waals surface area contributed by atoms with Gasteiger partial charge >= 0.3 is 0 Å². The van der Waals surface area contributed by atoms with Crippen molar-refractivity contribution in [2.24, 2.45) is 5.92 Å². The molecular weight excluding hydrogens is 419 g/mol. The number of hydrogen-bond acceptors (Lipinski definition) is 4. The molecule has 1 heterocycles. The van der Waals surface area contributed by atoms with Crippen LogP contribution >= 0.6 is 11.6 Å². The molecule has 6 nitrogen and oxygen atoms in total. The maximum absolute atomic E-state index is 13.1. The van der Waals surface area contributed by atoms with Crippen molar-refractivity contribution in [3.05, 3.63) is 53.3 Å². The molecular formula is C20H22ClFN2O4S. The van der Waals surface area contributed by atoms with E-state index in [1.807, 2.05) is 0 Å². The summed E-state index contributed by atoms with van der Waals surface area (Å²) in [7, 11) is -0.743. The quantitative estimate of drug-likeness (QED) is 0.713. The average Bonchev–Trinajstić information content (AvgIpc) is 2.73. The summed E-state index contributed by atoms with van der Waals surface area (Å²) in [6.07, 6.45) is 1.15. The molecule has 1 amide bonds. The number of piperidine rings is 1. The van der Waals surface area contributed by atoms with Gasteiger partial charge in [-0.3, -0.25) is 4.79 Å². The maximum Gasteiger partial charge on any atom is 0.243 e. The van der Waals surface area contributed by atoms with Crippen molar-refractivity contribution < 1.29 is 22.3 Å². The second kappa shape index (κ2) is 8.69. The molecule has 0 aromatic heterocycles. The highest BCUT2D eigenvalue weighted by atomic mass is 35.5. The van der Waals surface area contributed by atoms with Gasteiger partial charge in [-0.15, -0.1) is 0 Å². The van der Waals surface area contributed by atoms with Crippen LogP contribution in [0.5, 0.6) is 5.75 Å². The number of amides is 1. The summed E-state index contributed by atoms with van der Waals surface area (Å²) in [5, 5.41) is 0.203. The van der Waals surface area contributed by atoms with Gasteiger partial charge in [0.1, 0.15) is 11.6 Å². The van der Waals surface area contributed by atoms with E-state index in [-0.39, 0.29) is 28.2 Å². The molecule has 1 fully saturated rings. The Kier molecular flexibility index (Phi) is 6.45. The van der Waals surface area contributed by atoms with E-state index >= 15 is 0 Å². The molecule has 1 aliphatic rings. The summed E-state index contributed by atoms with van der Waals surface area (Å²) in [6.45, 7) is 0.409. The fraction of sp³-hybridized carbons (Fsp3) is 0.350. The number of ether oxygens (including phenoxy) is 1. The van der Waals surface area contributed by atoms with Gasteiger partial charge in [0.25, 0.3) is 0 Å². The Balaban J connectivity index is 1.78. The molecule has 1 atom stereocenters. The lowest BCUT2D eigenvalue weighted by molar-refractivity contribution is -0.123. The number of benzene rings is 2. The summed E-state index contributed by atoms with van der Waals surface area (Å²) >= 11 is 6.08. The molecule has 0 saturated carbocycles. The van der Waals surface area contributed by atoms with E-state index in [4.69, 9.17) is 16.3 Å². The number of methoxy groups -OCH3 is 1. The van der Waals surface area contributed by atoms with Gasteiger partial charge in [-0.1, -0.05) is 11.6 Å². The molecule has 0 unspecified atom stereocenters. The van der Waals surface area contributed by atoms with Gasteiger partial charge in [0, 0.05) is 25.8 Å². The van der Waals surface area contributed by atoms with Crippen LogP contribution in [0.25, 0.3) is 0 Å². The molecule has 0 aliphatic carbocycles. The summed E-state index contributed by atoms with van der Waals surface area (Å²) in [5.41, 5.74) is 0.554. The molecule has 29 heavy (non-hydrogen) atoms. The summed E-state index contributed by atoms with van der Waals surface area (Å²) in [6, 6.07) is 9.90. The predicted molar refractivity (Wildman–Crippen MR) is 109 cm³/mol. The lowest BCUT2D eigenvalue weighted by atomic mass is 9.98. The Morgan fingerprint density at radius 3 is 2.55 bits per heavy atom. The normalized spacial score (nSPS) is 17.7. The van der Waals surface area contributed by atoms with Gasteiger partial charge in [0.2, 0.25) is 15.9 Å². The van der Waals surface area contributed by atoms with Crippen LogP contribution in [-0.4, -0.2) is 45.9 Å². The smallest absolute Gasteiger partial charge is 0.243 e. The van der Waals surface area contributed by atoms with Crippen LogP contribution < -0.4 is 9.64 Å². The van der Waals surface area contributed by atoms with Gasteiger partial charge in [-0.05, 0) is 55.3 Å². The number of carbonyl (C=O) groups excluding carboxylic acids is 1. The fourth-order valence-electron chi connectivity index (χ4n) is 3.38. The lowest BCUT2D eigenvalue weighted by Crippen LogP contribution is -2.45. The molecule has 2 aromatic carbocycles. The molecule has 0 radical (unpaired) electrons. The topological polar surface area (TPSA) is 66.9 Å². The molecule has 0 bridgehead atoms. The minimum Gasteiger partial charge on any atom is -0.495 e. The highest BCUT2D eigenvalue weighted by Crippen LogP contribution is 2.31. The first-order valence-corrected chi connectivity index (χ1v) is 10.9. The fourth-order valence-corrected chi connectivity index (χ4v) is 5.26. The van der Waals surface area contributed by atoms with Crippen LogP contribution in [0.3, 0.4) is 0 Å². The molecule has 1 saturated heterocycles. The van der Waals surface area contributed by atoms with Crippen molar-refractivity contribution in [2.75, 3.05) is 32.1 Å². The number of carbonyl (C=O) groups is 1. The molecule has 3 rings (SSSR count). The predicted octanol–water partition coefficient (Wildman–Crippen LogP) is 3.55. The average molecular weight is 441 g/mol. The van der Waals surface area contributed by atoms with E-state index in [1.165, 1.54) is 58.8 Å². The second-order valence-corrected chi connectivity index (χ2v) is 9.22. The SMILES string of the molecule is COc1ccc(S(=O)(=O)N2CCC[C@H](C(=O)N(C)c3ccc(F)cc3)C2)cc1Cl. The molecule has 0 N–H and O–H groups in total. The number of anilines is 1. The second-order valence-electron chi connectivity index (χ2n) is 6.87. The van der Waals surface area contributed by atoms with Crippen molar-refractivity contribution in [1.29, 1.82) is 0 Å². The van der Waals surface area contributed by atoms with Crippen LogP contribution in [0.1, 0.15) is 12.8 Å². The van der Waals surface area contributed by atoms with Crippen LogP contribution in [0, 0.1) is 11.7 Å². The van der Waals surface area contributed by atoms with Crippen LogP contribution in [0.15, 0.2) is 47.4 Å². The van der Waals surface area contributed by atoms with E-state index in [0.29, 0.717) is 30.8 Å². The summed E-state index contributed by atoms with van der Waals surface area (Å²) in [4.78, 5) is 14.4. The van der Waals surface area contributed by atoms with E-state index in [9.17, 15) is 17.6 Å². The summed E-state index contributed by atoms with van der Waals surface area (Å²) < 4.78 is 45.6. The van der Waals surface area contributed by atoms with Crippen molar-refractivity contribution in [2.45, 2.75) is 17.7 Å². The van der Waals surface area contributed by atoms with Crippen LogP contribution in [-0.2, 0) is 14.8 Å². The summed E-state index contributed by atoms with van der Waals surface area (Å²) in [5.74, 6) is -0.688. The Labute approximate surface area is 174 Å². The molecule has 0 spiro atoms. The van der Waals surface area contributed by atoms with Crippen molar-refractivity contribution in [1.82, 2.24) is 4.31 Å². The van der Waals surface area contributed by atoms with E-state index < -0.39 is 15.9 Å². The van der Waals surface area contributed by atoms with Crippen LogP contribution in [0.4, 0.5) is 10.1 Å². The third kappa shape index (κ3) is 4.55. The minimum atomic E-state index is -3.80. The lowest BCUT2D eigenvalue weighted by Gasteiger charge is -2.33. The zero-order chi connectivity index (χ0) is 21.2. The Morgan fingerprint density at radius 2 is 1.93 bits per heavy atom. The maximum atomic E-state index is 13.1. The third-order valence-electron chi connectivity index (χ3n) is 5.04. The van der Waals surface area contributed by atoms with Gasteiger partial charge in [-0.25, -0.2) is 12.8 Å². The van der Waals surface area contributed by atoms with Gasteiger partial charge in [0.15, 0.2) is 0 Å². The highest BCUT2D eigenvalue weighted by molar-refractivity contribution is 7.89. The standard InChI is InChI=1S/C20H22ClFN2O4S/c1-23(16-7-5-15(22)6-8-16)20(25)14-4-3-11-24(13-14)29(26,27)17-9-10-19(28-2)18(21)12-17/h5-10,12,14H,3-4,11,13H2,1-2H3/t14-/m0/s1. The third-order valence-corrected chi connectivity index (χ3v) is 7.20. The number of hydrogen-bond donors (Lipinski definition) is 0. The monoisotopic (exact) mass is 440 g/mol. The van der Waals surface area contributed by atoms with Gasteiger partial charge in [-0.2, -0.15) is 4.31 Å². The Bertz CT molecular complexity index is 998. The van der Waals surface area contributed by atoms with E-state index in [1.54, 1.807) is 7.05 Å². The number of rotatable bonds is 5. The largest absolute Gasteiger partial charge is 0.495 e. The molecule has 1 aliphatic heterocycles. The molecule has 156 valence electrons. The van der Waals surface area contributed by atoms with E-state index in [2.05, 4.69) is 0 Å². The highest BCUT2D eigenvalue weighted by Gasteiger charge is 2.35. The Hall–Kier alpha value is -2.16. The van der Waals surface area contributed by atoms with Gasteiger partial charge in [0.05, 0.1) is 22.9 Å². The van der Waals surface area contributed by atoms with Crippen molar-refractivity contribution in [3.63, 3.8) is 0 Å². The molecule has 2 aromatic rings. The number of halogens is 2. The number of nitrogens with zero attached hydrogens (tertiary/aromatic N) is 2. The zero-order valence-corrected chi connectivity index (χ0v) is 17.7. The van der Waals surface area contributed by atoms with Gasteiger partial charge < -0.3 is 9.64 Å². The molecule has 9 heteroatoms. The first kappa shape index (κ1) is 21.5. The first-order chi connectivity index (χ1) is 13.7. The van der Waals surface area contributed by atoms with E-state index in [0.717, 1.165) is 0 Å². The van der Waals surface area contributed by atoms with Crippen molar-refractivity contribution >= 4 is 33.2 Å². The van der Waals surface area contributed by atoms with Crippen LogP contribution in [0.2, 0.25) is 5.02 Å². The number of sulfonamides is 1. The van der Waals surface area contributed by atoms with Crippen molar-refractivity contribution in [3.8, 4) is 5.75 Å². The zero-order valence-electron chi connectivity index (χ0n) is 16.1.